The van der Waals surface area contributed by atoms with Crippen LogP contribution in [0.3, 0.4) is 0 Å². The van der Waals surface area contributed by atoms with Gasteiger partial charge in [0, 0.05) is 19.0 Å². The minimum atomic E-state index is -0.456. The predicted molar refractivity (Wildman–Crippen MR) is 71.1 cm³/mol. The maximum Gasteiger partial charge on any atom is 0.410 e. The van der Waals surface area contributed by atoms with Crippen LogP contribution in [0, 0.1) is 5.92 Å². The summed E-state index contributed by atoms with van der Waals surface area (Å²) in [4.78, 5) is 13.4. The van der Waals surface area contributed by atoms with E-state index in [0.717, 1.165) is 0 Å². The van der Waals surface area contributed by atoms with Crippen LogP contribution in [0.15, 0.2) is 0 Å². The van der Waals surface area contributed by atoms with Crippen LogP contribution in [0.4, 0.5) is 9.93 Å². The number of amides is 1. The molecule has 0 aliphatic carbocycles. The molecular weight excluding hydrogens is 268 g/mol. The number of nitrogen functional groups attached to an aromatic ring is 1. The van der Waals surface area contributed by atoms with Crippen molar-refractivity contribution in [2.75, 3.05) is 25.4 Å². The van der Waals surface area contributed by atoms with Crippen LogP contribution >= 0.6 is 11.3 Å². The summed E-state index contributed by atoms with van der Waals surface area (Å²) in [5, 5.41) is 8.28. The molecule has 1 saturated heterocycles. The molecule has 1 aliphatic rings. The fourth-order valence-electron chi connectivity index (χ4n) is 1.62. The smallest absolute Gasteiger partial charge is 0.410 e. The number of nitrogens with zero attached hydrogens (tertiary/aromatic N) is 3. The third-order valence-electron chi connectivity index (χ3n) is 2.47. The average Bonchev–Trinajstić information content (AvgIpc) is 2.59. The van der Waals surface area contributed by atoms with E-state index in [9.17, 15) is 4.79 Å². The van der Waals surface area contributed by atoms with Gasteiger partial charge < -0.3 is 20.1 Å². The van der Waals surface area contributed by atoms with Crippen molar-refractivity contribution in [2.24, 2.45) is 5.92 Å². The SMILES string of the molecule is CC(C)(C)OC(=O)N1CC(COc2nnc(N)s2)C1. The highest BCUT2D eigenvalue weighted by atomic mass is 32.1. The van der Waals surface area contributed by atoms with E-state index in [2.05, 4.69) is 10.2 Å². The van der Waals surface area contributed by atoms with Crippen molar-refractivity contribution in [3.05, 3.63) is 0 Å². The zero-order chi connectivity index (χ0) is 14.0. The first-order valence-electron chi connectivity index (χ1n) is 6.03. The Labute approximate surface area is 115 Å². The van der Waals surface area contributed by atoms with Crippen molar-refractivity contribution in [1.82, 2.24) is 15.1 Å². The molecule has 2 heterocycles. The molecule has 1 aromatic heterocycles. The van der Waals surface area contributed by atoms with Gasteiger partial charge in [0.05, 0.1) is 6.61 Å². The molecule has 0 bridgehead atoms. The van der Waals surface area contributed by atoms with E-state index in [1.165, 1.54) is 11.3 Å². The van der Waals surface area contributed by atoms with Crippen molar-refractivity contribution in [2.45, 2.75) is 26.4 Å². The molecule has 0 saturated carbocycles. The van der Waals surface area contributed by atoms with Gasteiger partial charge in [-0.2, -0.15) is 0 Å². The average molecular weight is 286 g/mol. The Hall–Kier alpha value is -1.57. The first-order chi connectivity index (χ1) is 8.83. The number of hydrogen-bond donors (Lipinski definition) is 1. The molecule has 2 rings (SSSR count). The second-order valence-electron chi connectivity index (χ2n) is 5.47. The lowest BCUT2D eigenvalue weighted by atomic mass is 10.0. The Morgan fingerprint density at radius 1 is 1.47 bits per heavy atom. The Balaban J connectivity index is 1.67. The molecule has 1 aromatic rings. The van der Waals surface area contributed by atoms with E-state index >= 15 is 0 Å². The van der Waals surface area contributed by atoms with E-state index in [4.69, 9.17) is 15.2 Å². The van der Waals surface area contributed by atoms with Crippen molar-refractivity contribution in [1.29, 1.82) is 0 Å². The Kier molecular flexibility index (Phi) is 3.79. The number of nitrogens with two attached hydrogens (primary N) is 1. The third kappa shape index (κ3) is 3.95. The molecule has 0 radical (unpaired) electrons. The van der Waals surface area contributed by atoms with Gasteiger partial charge in [0.25, 0.3) is 5.19 Å². The quantitative estimate of drug-likeness (QED) is 0.902. The normalized spacial score (nSPS) is 16.1. The highest BCUT2D eigenvalue weighted by Crippen LogP contribution is 2.23. The van der Waals surface area contributed by atoms with E-state index in [-0.39, 0.29) is 6.09 Å². The summed E-state index contributed by atoms with van der Waals surface area (Å²) in [6.07, 6.45) is -0.274. The minimum Gasteiger partial charge on any atom is -0.468 e. The van der Waals surface area contributed by atoms with Gasteiger partial charge in [-0.25, -0.2) is 4.79 Å². The maximum absolute atomic E-state index is 11.7. The summed E-state index contributed by atoms with van der Waals surface area (Å²) in [6.45, 7) is 7.35. The first-order valence-corrected chi connectivity index (χ1v) is 6.85. The minimum absolute atomic E-state index is 0.274. The largest absolute Gasteiger partial charge is 0.468 e. The summed E-state index contributed by atoms with van der Waals surface area (Å²) in [5.41, 5.74) is 4.99. The zero-order valence-corrected chi connectivity index (χ0v) is 12.1. The molecule has 8 heteroatoms. The van der Waals surface area contributed by atoms with Crippen molar-refractivity contribution < 1.29 is 14.3 Å². The van der Waals surface area contributed by atoms with Gasteiger partial charge in [0.2, 0.25) is 5.13 Å². The van der Waals surface area contributed by atoms with Gasteiger partial charge in [0.15, 0.2) is 0 Å². The summed E-state index contributed by atoms with van der Waals surface area (Å²) < 4.78 is 10.7. The molecule has 0 aromatic carbocycles. The molecule has 0 unspecified atom stereocenters. The van der Waals surface area contributed by atoms with Gasteiger partial charge in [-0.3, -0.25) is 0 Å². The zero-order valence-electron chi connectivity index (χ0n) is 11.3. The van der Waals surface area contributed by atoms with E-state index in [1.54, 1.807) is 4.90 Å². The monoisotopic (exact) mass is 286 g/mol. The summed E-state index contributed by atoms with van der Waals surface area (Å²) in [6, 6.07) is 0. The topological polar surface area (TPSA) is 90.6 Å². The van der Waals surface area contributed by atoms with Gasteiger partial charge in [-0.1, -0.05) is 5.10 Å². The van der Waals surface area contributed by atoms with Crippen LogP contribution in [0.25, 0.3) is 0 Å². The van der Waals surface area contributed by atoms with Crippen molar-refractivity contribution in [3.63, 3.8) is 0 Å². The number of ether oxygens (including phenoxy) is 2. The molecule has 1 amide bonds. The molecule has 2 N–H and O–H groups in total. The number of carbonyl (C=O) groups excluding carboxylic acids is 1. The van der Waals surface area contributed by atoms with E-state index in [0.29, 0.717) is 35.9 Å². The lowest BCUT2D eigenvalue weighted by molar-refractivity contribution is -0.00786. The molecule has 1 fully saturated rings. The summed E-state index contributed by atoms with van der Waals surface area (Å²) in [7, 11) is 0. The van der Waals surface area contributed by atoms with E-state index < -0.39 is 5.60 Å². The first kappa shape index (κ1) is 13.9. The fourth-order valence-corrected chi connectivity index (χ4v) is 2.09. The van der Waals surface area contributed by atoms with Gasteiger partial charge in [0.1, 0.15) is 5.60 Å². The number of aromatic nitrogens is 2. The van der Waals surface area contributed by atoms with E-state index in [1.807, 2.05) is 20.8 Å². The fraction of sp³-hybridized carbons (Fsp3) is 0.727. The standard InChI is InChI=1S/C11H18N4O3S/c1-11(2,3)18-10(16)15-4-7(5-15)6-17-9-14-13-8(12)19-9/h7H,4-6H2,1-3H3,(H2,12,13). The third-order valence-corrected chi connectivity index (χ3v) is 3.14. The van der Waals surface area contributed by atoms with Gasteiger partial charge in [-0.15, -0.1) is 5.10 Å². The highest BCUT2D eigenvalue weighted by Gasteiger charge is 2.34. The molecule has 106 valence electrons. The number of carbonyl (C=O) groups is 1. The molecular formula is C11H18N4O3S. The summed E-state index contributed by atoms with van der Waals surface area (Å²) >= 11 is 1.21. The molecule has 19 heavy (non-hydrogen) atoms. The lowest BCUT2D eigenvalue weighted by Crippen LogP contribution is -2.53. The van der Waals surface area contributed by atoms with Crippen LogP contribution in [0.1, 0.15) is 20.8 Å². The number of anilines is 1. The highest BCUT2D eigenvalue weighted by molar-refractivity contribution is 7.16. The van der Waals surface area contributed by atoms with Crippen molar-refractivity contribution in [3.8, 4) is 5.19 Å². The van der Waals surface area contributed by atoms with Crippen LogP contribution in [0.5, 0.6) is 5.19 Å². The second kappa shape index (κ2) is 5.20. The number of hydrogen-bond acceptors (Lipinski definition) is 7. The molecule has 7 nitrogen and oxygen atoms in total. The van der Waals surface area contributed by atoms with Crippen LogP contribution in [-0.2, 0) is 4.74 Å². The maximum atomic E-state index is 11.7. The molecule has 0 atom stereocenters. The van der Waals surface area contributed by atoms with Gasteiger partial charge in [-0.05, 0) is 32.1 Å². The second-order valence-corrected chi connectivity index (χ2v) is 6.44. The van der Waals surface area contributed by atoms with Crippen LogP contribution in [-0.4, -0.2) is 46.5 Å². The lowest BCUT2D eigenvalue weighted by Gasteiger charge is -2.39. The Morgan fingerprint density at radius 3 is 2.68 bits per heavy atom. The Morgan fingerprint density at radius 2 is 2.16 bits per heavy atom. The molecule has 1 aliphatic heterocycles. The number of rotatable bonds is 3. The summed E-state index contributed by atoms with van der Waals surface area (Å²) in [5.74, 6) is 0.303. The molecule has 0 spiro atoms. The predicted octanol–water partition coefficient (Wildman–Crippen LogP) is 1.37. The van der Waals surface area contributed by atoms with Crippen molar-refractivity contribution >= 4 is 22.6 Å². The van der Waals surface area contributed by atoms with Crippen LogP contribution in [0.2, 0.25) is 0 Å². The van der Waals surface area contributed by atoms with Gasteiger partial charge >= 0.3 is 6.09 Å². The Bertz CT molecular complexity index is 451. The number of likely N-dealkylation sites (tertiary alicyclic amines) is 1. The van der Waals surface area contributed by atoms with Crippen LogP contribution < -0.4 is 10.5 Å².